The molecule has 2 aromatic carbocycles. The molecule has 3 aromatic rings. The maximum absolute atomic E-state index is 13.2. The Kier molecular flexibility index (Phi) is 6.08. The van der Waals surface area contributed by atoms with E-state index < -0.39 is 0 Å². The van der Waals surface area contributed by atoms with Gasteiger partial charge in [-0.1, -0.05) is 48.5 Å². The van der Waals surface area contributed by atoms with Crippen molar-refractivity contribution in [2.45, 2.75) is 44.6 Å². The SMILES string of the molecule is O=C(c1cn(CCC2CCC(c3ccccc3)CC2)c2ccccc12)N1CCOCC1. The number of rotatable bonds is 5. The van der Waals surface area contributed by atoms with E-state index in [4.69, 9.17) is 4.74 Å². The third-order valence-electron chi connectivity index (χ3n) is 7.21. The molecule has 5 rings (SSSR count). The number of amides is 1. The molecule has 1 amide bonds. The summed E-state index contributed by atoms with van der Waals surface area (Å²) >= 11 is 0. The Balaban J connectivity index is 1.25. The van der Waals surface area contributed by atoms with Crippen molar-refractivity contribution in [3.63, 3.8) is 0 Å². The number of morpholine rings is 1. The number of ether oxygens (including phenoxy) is 1. The van der Waals surface area contributed by atoms with Crippen molar-refractivity contribution < 1.29 is 9.53 Å². The van der Waals surface area contributed by atoms with Crippen LogP contribution in [-0.2, 0) is 11.3 Å². The molecule has 0 unspecified atom stereocenters. The van der Waals surface area contributed by atoms with Gasteiger partial charge in [0.25, 0.3) is 5.91 Å². The van der Waals surface area contributed by atoms with Gasteiger partial charge in [0, 0.05) is 36.7 Å². The average molecular weight is 417 g/mol. The predicted octanol–water partition coefficient (Wildman–Crippen LogP) is 5.48. The van der Waals surface area contributed by atoms with Crippen LogP contribution in [0.3, 0.4) is 0 Å². The molecule has 4 nitrogen and oxygen atoms in total. The Morgan fingerprint density at radius 1 is 0.903 bits per heavy atom. The van der Waals surface area contributed by atoms with E-state index in [0.29, 0.717) is 26.3 Å². The fourth-order valence-corrected chi connectivity index (χ4v) is 5.37. The highest BCUT2D eigenvalue weighted by molar-refractivity contribution is 6.07. The van der Waals surface area contributed by atoms with Gasteiger partial charge < -0.3 is 14.2 Å². The minimum atomic E-state index is 0.140. The molecular weight excluding hydrogens is 384 g/mol. The zero-order chi connectivity index (χ0) is 21.0. The highest BCUT2D eigenvalue weighted by Crippen LogP contribution is 2.37. The number of carbonyl (C=O) groups excluding carboxylic acids is 1. The Morgan fingerprint density at radius 2 is 1.61 bits per heavy atom. The van der Waals surface area contributed by atoms with Crippen LogP contribution in [0.15, 0.2) is 60.8 Å². The van der Waals surface area contributed by atoms with Crippen molar-refractivity contribution in [2.75, 3.05) is 26.3 Å². The first-order valence-electron chi connectivity index (χ1n) is 11.8. The summed E-state index contributed by atoms with van der Waals surface area (Å²) in [6, 6.07) is 19.3. The second-order valence-electron chi connectivity index (χ2n) is 9.07. The molecule has 4 heteroatoms. The molecule has 162 valence electrons. The fraction of sp³-hybridized carbons (Fsp3) is 0.444. The Morgan fingerprint density at radius 3 is 2.39 bits per heavy atom. The van der Waals surface area contributed by atoms with Gasteiger partial charge in [0.2, 0.25) is 0 Å². The first kappa shape index (κ1) is 20.3. The molecule has 0 atom stereocenters. The Hall–Kier alpha value is -2.59. The lowest BCUT2D eigenvalue weighted by atomic mass is 9.77. The number of hydrogen-bond donors (Lipinski definition) is 0. The van der Waals surface area contributed by atoms with E-state index in [1.807, 2.05) is 11.0 Å². The molecule has 31 heavy (non-hydrogen) atoms. The lowest BCUT2D eigenvalue weighted by Crippen LogP contribution is -2.40. The third-order valence-corrected chi connectivity index (χ3v) is 7.21. The van der Waals surface area contributed by atoms with Crippen LogP contribution in [0.25, 0.3) is 10.9 Å². The second-order valence-corrected chi connectivity index (χ2v) is 9.07. The van der Waals surface area contributed by atoms with E-state index in [1.165, 1.54) is 43.2 Å². The molecule has 2 aliphatic rings. The van der Waals surface area contributed by atoms with E-state index in [1.54, 1.807) is 0 Å². The van der Waals surface area contributed by atoms with E-state index in [0.717, 1.165) is 29.3 Å². The second kappa shape index (κ2) is 9.27. The largest absolute Gasteiger partial charge is 0.378 e. The van der Waals surface area contributed by atoms with E-state index in [-0.39, 0.29) is 5.91 Å². The van der Waals surface area contributed by atoms with Gasteiger partial charge in [-0.15, -0.1) is 0 Å². The van der Waals surface area contributed by atoms with Gasteiger partial charge >= 0.3 is 0 Å². The molecule has 1 saturated heterocycles. The zero-order valence-corrected chi connectivity index (χ0v) is 18.2. The van der Waals surface area contributed by atoms with Crippen molar-refractivity contribution in [1.82, 2.24) is 9.47 Å². The third kappa shape index (κ3) is 4.40. The van der Waals surface area contributed by atoms with Crippen LogP contribution in [0.1, 0.15) is 53.9 Å². The lowest BCUT2D eigenvalue weighted by Gasteiger charge is -2.29. The van der Waals surface area contributed by atoms with Crippen LogP contribution in [-0.4, -0.2) is 41.7 Å². The van der Waals surface area contributed by atoms with E-state index >= 15 is 0 Å². The highest BCUT2D eigenvalue weighted by Gasteiger charge is 2.24. The summed E-state index contributed by atoms with van der Waals surface area (Å²) < 4.78 is 7.73. The summed E-state index contributed by atoms with van der Waals surface area (Å²) in [5.41, 5.74) is 3.52. The van der Waals surface area contributed by atoms with Crippen molar-refractivity contribution in [3.8, 4) is 0 Å². The predicted molar refractivity (Wildman–Crippen MR) is 124 cm³/mol. The van der Waals surface area contributed by atoms with Gasteiger partial charge in [0.1, 0.15) is 0 Å². The van der Waals surface area contributed by atoms with Crippen molar-refractivity contribution in [1.29, 1.82) is 0 Å². The monoisotopic (exact) mass is 416 g/mol. The summed E-state index contributed by atoms with van der Waals surface area (Å²) in [6.45, 7) is 3.62. The smallest absolute Gasteiger partial charge is 0.256 e. The van der Waals surface area contributed by atoms with Gasteiger partial charge in [0.15, 0.2) is 0 Å². The molecule has 0 radical (unpaired) electrons. The van der Waals surface area contributed by atoms with Crippen molar-refractivity contribution >= 4 is 16.8 Å². The number of aryl methyl sites for hydroxylation is 1. The molecule has 1 saturated carbocycles. The molecule has 0 N–H and O–H groups in total. The molecule has 2 heterocycles. The Bertz CT molecular complexity index is 1010. The molecule has 1 aliphatic heterocycles. The lowest BCUT2D eigenvalue weighted by molar-refractivity contribution is 0.0304. The summed E-state index contributed by atoms with van der Waals surface area (Å²) in [5.74, 6) is 1.64. The maximum atomic E-state index is 13.2. The Labute approximate surface area is 184 Å². The number of carbonyl (C=O) groups is 1. The van der Waals surface area contributed by atoms with Gasteiger partial charge in [-0.3, -0.25) is 4.79 Å². The topological polar surface area (TPSA) is 34.5 Å². The van der Waals surface area contributed by atoms with Crippen LogP contribution in [0, 0.1) is 5.92 Å². The van der Waals surface area contributed by atoms with Crippen LogP contribution >= 0.6 is 0 Å². The molecule has 0 spiro atoms. The number of benzene rings is 2. The van der Waals surface area contributed by atoms with Gasteiger partial charge in [-0.25, -0.2) is 0 Å². The molecule has 1 aromatic heterocycles. The number of aromatic nitrogens is 1. The maximum Gasteiger partial charge on any atom is 0.256 e. The summed E-state index contributed by atoms with van der Waals surface area (Å²) in [6.07, 6.45) is 8.48. The van der Waals surface area contributed by atoms with E-state index in [2.05, 4.69) is 59.3 Å². The molecule has 1 aliphatic carbocycles. The summed E-state index contributed by atoms with van der Waals surface area (Å²) in [7, 11) is 0. The molecule has 0 bridgehead atoms. The zero-order valence-electron chi connectivity index (χ0n) is 18.2. The van der Waals surface area contributed by atoms with Crippen LogP contribution < -0.4 is 0 Å². The summed E-state index contributed by atoms with van der Waals surface area (Å²) in [5, 5.41) is 1.08. The number of hydrogen-bond acceptors (Lipinski definition) is 2. The summed E-state index contributed by atoms with van der Waals surface area (Å²) in [4.78, 5) is 15.1. The quantitative estimate of drug-likeness (QED) is 0.552. The highest BCUT2D eigenvalue weighted by atomic mass is 16.5. The van der Waals surface area contributed by atoms with Crippen LogP contribution in [0.5, 0.6) is 0 Å². The van der Waals surface area contributed by atoms with Crippen molar-refractivity contribution in [2.24, 2.45) is 5.92 Å². The van der Waals surface area contributed by atoms with Gasteiger partial charge in [0.05, 0.1) is 18.8 Å². The first-order valence-corrected chi connectivity index (χ1v) is 11.8. The van der Waals surface area contributed by atoms with Crippen LogP contribution in [0.2, 0.25) is 0 Å². The van der Waals surface area contributed by atoms with Gasteiger partial charge in [-0.2, -0.15) is 0 Å². The van der Waals surface area contributed by atoms with Crippen molar-refractivity contribution in [3.05, 3.63) is 71.9 Å². The van der Waals surface area contributed by atoms with Crippen LogP contribution in [0.4, 0.5) is 0 Å². The number of nitrogens with zero attached hydrogens (tertiary/aromatic N) is 2. The van der Waals surface area contributed by atoms with E-state index in [9.17, 15) is 4.79 Å². The standard InChI is InChI=1S/C27H32N2O2/c30-27(28-16-18-31-19-17-28)25-20-29(26-9-5-4-8-24(25)26)15-14-21-10-12-23(13-11-21)22-6-2-1-3-7-22/h1-9,20-21,23H,10-19H2. The normalized spacial score (nSPS) is 22.0. The first-order chi connectivity index (χ1) is 15.3. The molecular formula is C27H32N2O2. The number of para-hydroxylation sites is 1. The average Bonchev–Trinajstić information content (AvgIpc) is 3.22. The minimum Gasteiger partial charge on any atom is -0.378 e. The molecule has 2 fully saturated rings. The fourth-order valence-electron chi connectivity index (χ4n) is 5.37. The van der Waals surface area contributed by atoms with Gasteiger partial charge in [-0.05, 0) is 55.6 Å². The minimum absolute atomic E-state index is 0.140. The number of fused-ring (bicyclic) bond motifs is 1.